The maximum absolute atomic E-state index is 14.2. The molecule has 4 aromatic rings. The number of nitrogens with zero attached hydrogens (tertiary/aromatic N) is 4. The van der Waals surface area contributed by atoms with Gasteiger partial charge in [0.15, 0.2) is 0 Å². The van der Waals surface area contributed by atoms with Gasteiger partial charge >= 0.3 is 6.03 Å². The zero-order chi connectivity index (χ0) is 24.7. The van der Waals surface area contributed by atoms with Gasteiger partial charge in [-0.1, -0.05) is 30.1 Å². The van der Waals surface area contributed by atoms with E-state index in [-0.39, 0.29) is 23.0 Å². The monoisotopic (exact) mass is 514 g/mol. The number of pyridine rings is 1. The Morgan fingerprint density at radius 1 is 1.23 bits per heavy atom. The molecule has 10 heteroatoms. The number of aromatic amines is 1. The third-order valence-electron chi connectivity index (χ3n) is 6.82. The van der Waals surface area contributed by atoms with Crippen molar-refractivity contribution in [2.24, 2.45) is 0 Å². The molecule has 7 nitrogen and oxygen atoms in total. The molecule has 2 N–H and O–H groups in total. The van der Waals surface area contributed by atoms with Gasteiger partial charge in [-0.3, -0.25) is 4.68 Å². The molecule has 182 valence electrons. The van der Waals surface area contributed by atoms with Crippen molar-refractivity contribution in [1.82, 2.24) is 30.0 Å². The highest BCUT2D eigenvalue weighted by Crippen LogP contribution is 2.39. The predicted octanol–water partition coefficient (Wildman–Crippen LogP) is 6.00. The number of likely N-dealkylation sites (tertiary alicyclic amines) is 1. The maximum Gasteiger partial charge on any atom is 0.317 e. The maximum atomic E-state index is 14.2. The lowest BCUT2D eigenvalue weighted by molar-refractivity contribution is 0.170. The Morgan fingerprint density at radius 3 is 2.74 bits per heavy atom. The van der Waals surface area contributed by atoms with Crippen molar-refractivity contribution in [2.75, 3.05) is 20.1 Å². The van der Waals surface area contributed by atoms with Gasteiger partial charge in [-0.05, 0) is 42.2 Å². The zero-order valence-electron chi connectivity index (χ0n) is 19.4. The number of H-pyrrole nitrogens is 1. The lowest BCUT2D eigenvalue weighted by atomic mass is 9.92. The number of aromatic nitrogens is 4. The van der Waals surface area contributed by atoms with E-state index < -0.39 is 5.82 Å². The first-order valence-electron chi connectivity index (χ1n) is 11.5. The van der Waals surface area contributed by atoms with E-state index in [2.05, 4.69) is 26.4 Å². The van der Waals surface area contributed by atoms with E-state index in [1.807, 2.05) is 41.3 Å². The number of hydrogen-bond donors (Lipinski definition) is 2. The van der Waals surface area contributed by atoms with Gasteiger partial charge in [-0.25, -0.2) is 14.2 Å². The molecule has 35 heavy (non-hydrogen) atoms. The van der Waals surface area contributed by atoms with Gasteiger partial charge in [0, 0.05) is 66.2 Å². The summed E-state index contributed by atoms with van der Waals surface area (Å²) in [4.78, 5) is 21.5. The smallest absolute Gasteiger partial charge is 0.317 e. The molecule has 0 aliphatic carbocycles. The standard InChI is InChI=1S/C25H25Cl2FN6O/c1-14(22-20(26)3-4-21(28)23(22)27)19-12-31-24-18(19)9-15(10-30-24)16-11-32-34(13-16)17-5-7-33(8-6-17)25(35)29-2/h3-4,9-14,17H,5-8H2,1-2H3,(H,29,35)(H,30,31). The second-order valence-electron chi connectivity index (χ2n) is 8.83. The van der Waals surface area contributed by atoms with Crippen LogP contribution in [0.1, 0.15) is 42.9 Å². The third-order valence-corrected chi connectivity index (χ3v) is 7.53. The first-order valence-corrected chi connectivity index (χ1v) is 12.2. The fraction of sp³-hybridized carbons (Fsp3) is 0.320. The third kappa shape index (κ3) is 4.36. The van der Waals surface area contributed by atoms with Crippen LogP contribution < -0.4 is 5.32 Å². The molecule has 1 saturated heterocycles. The Hall–Kier alpha value is -3.10. The minimum atomic E-state index is -0.495. The number of amides is 2. The molecule has 1 aliphatic rings. The van der Waals surface area contributed by atoms with Crippen LogP contribution in [-0.4, -0.2) is 50.8 Å². The Bertz CT molecular complexity index is 1390. The highest BCUT2D eigenvalue weighted by molar-refractivity contribution is 6.36. The fourth-order valence-corrected chi connectivity index (χ4v) is 5.51. The molecule has 5 rings (SSSR count). The van der Waals surface area contributed by atoms with Crippen LogP contribution >= 0.6 is 23.2 Å². The first kappa shape index (κ1) is 23.6. The van der Waals surface area contributed by atoms with Crippen molar-refractivity contribution in [1.29, 1.82) is 0 Å². The molecule has 0 bridgehead atoms. The molecule has 0 spiro atoms. The van der Waals surface area contributed by atoms with E-state index in [1.165, 1.54) is 12.1 Å². The summed E-state index contributed by atoms with van der Waals surface area (Å²) in [5.74, 6) is -0.741. The Labute approximate surface area is 212 Å². The van der Waals surface area contributed by atoms with Crippen molar-refractivity contribution in [3.8, 4) is 11.1 Å². The van der Waals surface area contributed by atoms with Crippen LogP contribution in [0, 0.1) is 5.82 Å². The first-order chi connectivity index (χ1) is 16.9. The van der Waals surface area contributed by atoms with Crippen molar-refractivity contribution < 1.29 is 9.18 Å². The van der Waals surface area contributed by atoms with Crippen molar-refractivity contribution in [3.05, 3.63) is 70.0 Å². The molecule has 2 amide bonds. The number of carbonyl (C=O) groups excluding carboxylic acids is 1. The number of hydrogen-bond acceptors (Lipinski definition) is 3. The molecular weight excluding hydrogens is 490 g/mol. The van der Waals surface area contributed by atoms with Crippen LogP contribution in [0.2, 0.25) is 10.0 Å². The number of nitrogens with one attached hydrogen (secondary N) is 2. The summed E-state index contributed by atoms with van der Waals surface area (Å²) in [6.07, 6.45) is 9.24. The SMILES string of the molecule is CNC(=O)N1CCC(n2cc(-c3cnc4[nH]cc(C(C)c5c(Cl)ccc(F)c5Cl)c4c3)cn2)CC1. The van der Waals surface area contributed by atoms with Crippen LogP contribution in [0.15, 0.2) is 43.0 Å². The van der Waals surface area contributed by atoms with Gasteiger partial charge in [-0.15, -0.1) is 0 Å². The zero-order valence-corrected chi connectivity index (χ0v) is 20.9. The van der Waals surface area contributed by atoms with E-state index in [4.69, 9.17) is 23.2 Å². The van der Waals surface area contributed by atoms with Crippen molar-refractivity contribution >= 4 is 40.3 Å². The van der Waals surface area contributed by atoms with Crippen LogP contribution in [0.25, 0.3) is 22.2 Å². The van der Waals surface area contributed by atoms with E-state index in [0.717, 1.165) is 40.6 Å². The quantitative estimate of drug-likeness (QED) is 0.327. The predicted molar refractivity (Wildman–Crippen MR) is 136 cm³/mol. The number of benzene rings is 1. The average Bonchev–Trinajstić information content (AvgIpc) is 3.53. The van der Waals surface area contributed by atoms with Gasteiger partial charge < -0.3 is 15.2 Å². The van der Waals surface area contributed by atoms with Gasteiger partial charge in [0.2, 0.25) is 0 Å². The molecule has 1 fully saturated rings. The lowest BCUT2D eigenvalue weighted by Crippen LogP contribution is -2.43. The van der Waals surface area contributed by atoms with Crippen molar-refractivity contribution in [2.45, 2.75) is 31.7 Å². The normalized spacial score (nSPS) is 15.5. The fourth-order valence-electron chi connectivity index (χ4n) is 4.81. The minimum absolute atomic E-state index is 0.0344. The summed E-state index contributed by atoms with van der Waals surface area (Å²) in [5, 5.41) is 8.65. The van der Waals surface area contributed by atoms with Crippen LogP contribution in [0.5, 0.6) is 0 Å². The average molecular weight is 515 g/mol. The Kier molecular flexibility index (Phi) is 6.42. The van der Waals surface area contributed by atoms with Gasteiger partial charge in [0.05, 0.1) is 17.3 Å². The van der Waals surface area contributed by atoms with Crippen LogP contribution in [-0.2, 0) is 0 Å². The second kappa shape index (κ2) is 9.51. The van der Waals surface area contributed by atoms with E-state index in [1.54, 1.807) is 7.05 Å². The number of fused-ring (bicyclic) bond motifs is 1. The number of piperidine rings is 1. The van der Waals surface area contributed by atoms with E-state index in [9.17, 15) is 9.18 Å². The number of rotatable bonds is 4. The molecule has 3 aromatic heterocycles. The second-order valence-corrected chi connectivity index (χ2v) is 9.61. The summed E-state index contributed by atoms with van der Waals surface area (Å²) >= 11 is 12.7. The molecule has 0 saturated carbocycles. The van der Waals surface area contributed by atoms with E-state index >= 15 is 0 Å². The molecule has 1 unspecified atom stereocenters. The van der Waals surface area contributed by atoms with E-state index in [0.29, 0.717) is 23.7 Å². The van der Waals surface area contributed by atoms with Crippen molar-refractivity contribution in [3.63, 3.8) is 0 Å². The molecule has 1 aliphatic heterocycles. The molecule has 0 radical (unpaired) electrons. The van der Waals surface area contributed by atoms with Crippen LogP contribution in [0.4, 0.5) is 9.18 Å². The molecular formula is C25H25Cl2FN6O. The van der Waals surface area contributed by atoms with Gasteiger partial charge in [0.25, 0.3) is 0 Å². The summed E-state index contributed by atoms with van der Waals surface area (Å²) in [6.45, 7) is 3.34. The number of halogens is 3. The summed E-state index contributed by atoms with van der Waals surface area (Å²) in [5.41, 5.74) is 4.09. The largest absolute Gasteiger partial charge is 0.346 e. The van der Waals surface area contributed by atoms with Crippen LogP contribution in [0.3, 0.4) is 0 Å². The summed E-state index contributed by atoms with van der Waals surface area (Å²) < 4.78 is 16.1. The molecule has 1 atom stereocenters. The number of urea groups is 1. The van der Waals surface area contributed by atoms with Gasteiger partial charge in [0.1, 0.15) is 11.5 Å². The summed E-state index contributed by atoms with van der Waals surface area (Å²) in [6, 6.07) is 5.06. The molecule has 1 aromatic carbocycles. The van der Waals surface area contributed by atoms with Gasteiger partial charge in [-0.2, -0.15) is 5.10 Å². The summed E-state index contributed by atoms with van der Waals surface area (Å²) in [7, 11) is 1.65. The topological polar surface area (TPSA) is 78.8 Å². The number of carbonyl (C=O) groups is 1. The highest BCUT2D eigenvalue weighted by Gasteiger charge is 2.25. The molecule has 4 heterocycles. The Balaban J connectivity index is 1.42. The lowest BCUT2D eigenvalue weighted by Gasteiger charge is -2.31. The Morgan fingerprint density at radius 2 is 2.00 bits per heavy atom. The minimum Gasteiger partial charge on any atom is -0.346 e. The highest BCUT2D eigenvalue weighted by atomic mass is 35.5.